The van der Waals surface area contributed by atoms with Crippen molar-refractivity contribution in [3.05, 3.63) is 65.7 Å². The third kappa shape index (κ3) is 2.83. The second kappa shape index (κ2) is 5.72. The average Bonchev–Trinajstić information content (AvgIpc) is 3.38. The fourth-order valence-electron chi connectivity index (χ4n) is 3.30. The molecule has 1 fully saturated rings. The molecule has 2 aromatic carbocycles. The highest BCUT2D eigenvalue weighted by atomic mass is 32.2. The zero-order valence-electron chi connectivity index (χ0n) is 13.0. The summed E-state index contributed by atoms with van der Waals surface area (Å²) < 4.78 is 27.8. The molecule has 2 aliphatic rings. The van der Waals surface area contributed by atoms with E-state index in [1.165, 1.54) is 0 Å². The Bertz CT molecular complexity index is 880. The van der Waals surface area contributed by atoms with Gasteiger partial charge in [-0.3, -0.25) is 4.79 Å². The molecule has 0 radical (unpaired) electrons. The maximum atomic E-state index is 12.6. The van der Waals surface area contributed by atoms with Crippen LogP contribution in [0.2, 0.25) is 0 Å². The Morgan fingerprint density at radius 3 is 2.50 bits per heavy atom. The number of hydrogen-bond acceptors (Lipinski definition) is 3. The summed E-state index contributed by atoms with van der Waals surface area (Å²) in [6.45, 7) is 0. The maximum Gasteiger partial charge on any atom is 0.242 e. The Morgan fingerprint density at radius 2 is 1.71 bits per heavy atom. The van der Waals surface area contributed by atoms with Crippen molar-refractivity contribution in [3.63, 3.8) is 0 Å². The lowest BCUT2D eigenvalue weighted by atomic mass is 10.00. The fourth-order valence-corrected chi connectivity index (χ4v) is 5.11. The van der Waals surface area contributed by atoms with Gasteiger partial charge in [-0.1, -0.05) is 48.5 Å². The van der Waals surface area contributed by atoms with E-state index in [-0.39, 0.29) is 11.8 Å². The van der Waals surface area contributed by atoms with Crippen molar-refractivity contribution in [2.45, 2.75) is 30.1 Å². The SMILES string of the molecule is O=C1Nc2ccccc2CC1NS(=O)(=O)[C@@H]1C[C@H]1c1ccccc1. The summed E-state index contributed by atoms with van der Waals surface area (Å²) in [5.41, 5.74) is 2.73. The number of carbonyl (C=O) groups is 1. The molecule has 1 heterocycles. The monoisotopic (exact) mass is 342 g/mol. The number of carbonyl (C=O) groups excluding carboxylic acids is 1. The van der Waals surface area contributed by atoms with Crippen LogP contribution in [0.25, 0.3) is 0 Å². The normalized spacial score (nSPS) is 25.7. The summed E-state index contributed by atoms with van der Waals surface area (Å²) in [7, 11) is -3.53. The van der Waals surface area contributed by atoms with Gasteiger partial charge in [0.05, 0.1) is 5.25 Å². The molecule has 0 aromatic heterocycles. The van der Waals surface area contributed by atoms with Gasteiger partial charge in [0.1, 0.15) is 6.04 Å². The smallest absolute Gasteiger partial charge is 0.242 e. The number of sulfonamides is 1. The molecule has 1 unspecified atom stereocenters. The summed E-state index contributed by atoms with van der Waals surface area (Å²) in [5.74, 6) is -0.281. The van der Waals surface area contributed by atoms with Gasteiger partial charge in [0, 0.05) is 11.6 Å². The van der Waals surface area contributed by atoms with Crippen LogP contribution < -0.4 is 10.0 Å². The summed E-state index contributed by atoms with van der Waals surface area (Å²) >= 11 is 0. The van der Waals surface area contributed by atoms with Crippen LogP contribution in [0.1, 0.15) is 23.5 Å². The van der Waals surface area contributed by atoms with E-state index < -0.39 is 21.3 Å². The molecule has 0 spiro atoms. The van der Waals surface area contributed by atoms with E-state index in [1.54, 1.807) is 0 Å². The van der Waals surface area contributed by atoms with Crippen molar-refractivity contribution < 1.29 is 13.2 Å². The first-order chi connectivity index (χ1) is 11.5. The van der Waals surface area contributed by atoms with Crippen LogP contribution in [0.15, 0.2) is 54.6 Å². The fraction of sp³-hybridized carbons (Fsp3) is 0.278. The van der Waals surface area contributed by atoms with Crippen molar-refractivity contribution in [3.8, 4) is 0 Å². The number of rotatable bonds is 4. The molecular formula is C18H18N2O3S. The van der Waals surface area contributed by atoms with Gasteiger partial charge in [-0.15, -0.1) is 0 Å². The van der Waals surface area contributed by atoms with Gasteiger partial charge in [-0.05, 0) is 30.0 Å². The second-order valence-electron chi connectivity index (χ2n) is 6.36. The summed E-state index contributed by atoms with van der Waals surface area (Å²) in [4.78, 5) is 12.2. The molecule has 5 nitrogen and oxygen atoms in total. The number of benzene rings is 2. The van der Waals surface area contributed by atoms with Crippen molar-refractivity contribution >= 4 is 21.6 Å². The van der Waals surface area contributed by atoms with E-state index >= 15 is 0 Å². The maximum absolute atomic E-state index is 12.6. The predicted octanol–water partition coefficient (Wildman–Crippen LogP) is 2.03. The highest BCUT2D eigenvalue weighted by molar-refractivity contribution is 7.90. The van der Waals surface area contributed by atoms with Crippen LogP contribution in [0, 0.1) is 0 Å². The molecular weight excluding hydrogens is 324 g/mol. The highest BCUT2D eigenvalue weighted by Gasteiger charge is 2.49. The van der Waals surface area contributed by atoms with Crippen LogP contribution in [-0.4, -0.2) is 25.6 Å². The van der Waals surface area contributed by atoms with Gasteiger partial charge in [-0.2, -0.15) is 0 Å². The van der Waals surface area contributed by atoms with Crippen LogP contribution in [0.4, 0.5) is 5.69 Å². The van der Waals surface area contributed by atoms with E-state index in [1.807, 2.05) is 54.6 Å². The largest absolute Gasteiger partial charge is 0.324 e. The quantitative estimate of drug-likeness (QED) is 0.893. The van der Waals surface area contributed by atoms with Crippen LogP contribution >= 0.6 is 0 Å². The molecule has 0 bridgehead atoms. The van der Waals surface area contributed by atoms with Gasteiger partial charge >= 0.3 is 0 Å². The number of para-hydroxylation sites is 1. The first kappa shape index (κ1) is 15.4. The number of nitrogens with one attached hydrogen (secondary N) is 2. The van der Waals surface area contributed by atoms with Crippen molar-refractivity contribution in [2.75, 3.05) is 5.32 Å². The number of fused-ring (bicyclic) bond motifs is 1. The molecule has 2 N–H and O–H groups in total. The molecule has 2 aromatic rings. The molecule has 3 atom stereocenters. The van der Waals surface area contributed by atoms with E-state index in [0.29, 0.717) is 12.8 Å². The Hall–Kier alpha value is -2.18. The Labute approximate surface area is 141 Å². The van der Waals surface area contributed by atoms with Gasteiger partial charge in [0.25, 0.3) is 0 Å². The van der Waals surface area contributed by atoms with Crippen LogP contribution in [0.5, 0.6) is 0 Å². The predicted molar refractivity (Wildman–Crippen MR) is 92.2 cm³/mol. The van der Waals surface area contributed by atoms with Crippen molar-refractivity contribution in [1.82, 2.24) is 4.72 Å². The van der Waals surface area contributed by atoms with Crippen LogP contribution in [-0.2, 0) is 21.2 Å². The third-order valence-electron chi connectivity index (χ3n) is 4.68. The topological polar surface area (TPSA) is 75.3 Å². The second-order valence-corrected chi connectivity index (χ2v) is 8.29. The number of hydrogen-bond donors (Lipinski definition) is 2. The van der Waals surface area contributed by atoms with E-state index in [4.69, 9.17) is 0 Å². The number of amides is 1. The molecule has 24 heavy (non-hydrogen) atoms. The van der Waals surface area contributed by atoms with Gasteiger partial charge in [0.15, 0.2) is 0 Å². The summed E-state index contributed by atoms with van der Waals surface area (Å²) in [6, 6.07) is 16.3. The lowest BCUT2D eigenvalue weighted by Crippen LogP contribution is -2.48. The first-order valence-corrected chi connectivity index (χ1v) is 9.54. The van der Waals surface area contributed by atoms with Crippen molar-refractivity contribution in [2.24, 2.45) is 0 Å². The van der Waals surface area contributed by atoms with Crippen LogP contribution in [0.3, 0.4) is 0 Å². The first-order valence-electron chi connectivity index (χ1n) is 7.99. The Balaban J connectivity index is 1.48. The third-order valence-corrected chi connectivity index (χ3v) is 6.61. The Kier molecular flexibility index (Phi) is 3.66. The number of anilines is 1. The van der Waals surface area contributed by atoms with Gasteiger partial charge in [-0.25, -0.2) is 13.1 Å². The summed E-state index contributed by atoms with van der Waals surface area (Å²) in [6.07, 6.45) is 0.980. The molecule has 4 rings (SSSR count). The van der Waals surface area contributed by atoms with E-state index in [2.05, 4.69) is 10.0 Å². The van der Waals surface area contributed by atoms with Gasteiger partial charge in [0.2, 0.25) is 15.9 Å². The van der Waals surface area contributed by atoms with Gasteiger partial charge < -0.3 is 5.32 Å². The molecule has 1 amide bonds. The minimum absolute atomic E-state index is 0.0163. The molecule has 0 saturated heterocycles. The Morgan fingerprint density at radius 1 is 1.00 bits per heavy atom. The highest BCUT2D eigenvalue weighted by Crippen LogP contribution is 2.45. The minimum atomic E-state index is -3.53. The molecule has 1 aliphatic heterocycles. The van der Waals surface area contributed by atoms with E-state index in [9.17, 15) is 13.2 Å². The van der Waals surface area contributed by atoms with E-state index in [0.717, 1.165) is 16.8 Å². The molecule has 1 saturated carbocycles. The zero-order chi connectivity index (χ0) is 16.7. The molecule has 124 valence electrons. The lowest BCUT2D eigenvalue weighted by molar-refractivity contribution is -0.118. The van der Waals surface area contributed by atoms with Crippen molar-refractivity contribution in [1.29, 1.82) is 0 Å². The average molecular weight is 342 g/mol. The minimum Gasteiger partial charge on any atom is -0.324 e. The zero-order valence-corrected chi connectivity index (χ0v) is 13.8. The molecule has 6 heteroatoms. The lowest BCUT2D eigenvalue weighted by Gasteiger charge is -2.25. The molecule has 1 aliphatic carbocycles. The standard InChI is InChI=1S/C18H18N2O3S/c21-18-16(10-13-8-4-5-9-15(13)19-18)20-24(22,23)17-11-14(17)12-6-2-1-3-7-12/h1-9,14,16-17,20H,10-11H2,(H,19,21)/t14-,16?,17+/m0/s1. The summed E-state index contributed by atoms with van der Waals surface area (Å²) in [5, 5.41) is 2.32.